The van der Waals surface area contributed by atoms with Crippen LogP contribution in [0, 0.1) is 0 Å². The zero-order chi connectivity index (χ0) is 90.3. The maximum absolute atomic E-state index is 6.95. The van der Waals surface area contributed by atoms with Crippen LogP contribution in [0.25, 0.3) is 175 Å². The van der Waals surface area contributed by atoms with E-state index in [4.69, 9.17) is 24.7 Å². The van der Waals surface area contributed by atoms with Gasteiger partial charge < -0.3 is 4.74 Å². The molecule has 0 aliphatic heterocycles. The molecule has 0 saturated heterocycles. The molecule has 0 fully saturated rings. The zero-order valence-corrected chi connectivity index (χ0v) is 79.2. The Hall–Kier alpha value is -13.8. The molecule has 6 heterocycles. The van der Waals surface area contributed by atoms with Crippen molar-refractivity contribution in [3.63, 3.8) is 0 Å². The molecule has 0 saturated carbocycles. The molecule has 11 heteroatoms. The van der Waals surface area contributed by atoms with E-state index in [1.165, 1.54) is 174 Å². The molecule has 20 aromatic rings. The number of hydrogen-bond donors (Lipinski definition) is 0. The van der Waals surface area contributed by atoms with Crippen molar-refractivity contribution in [3.8, 4) is 147 Å². The van der Waals surface area contributed by atoms with E-state index in [-0.39, 0.29) is 47.3 Å². The van der Waals surface area contributed by atoms with E-state index in [9.17, 15) is 0 Å². The minimum atomic E-state index is 0.182. The SMILES string of the molecule is CC(C)c1cc(-c2cc(C(C)C)c(-n3ccnc3-c3cccc(Oc4cccc(-c5nccn5-c5c(C(C)C)cc(-c6cccc7c6sc6c(-c8cccc(-c9cccc(-c%10cccc%11c%10sc%10c(-c%12cc(C(C)C)c(-n%13ccnc%13-c%13ccccc%13)c(C(C)C)c%12)cccc%10%11)c9)c8)cccc67)cc5C(C)C)c4)c3)c(C(C)C)c2)cc(C(C)C)c1-n1ccnc1-c1ccccc1. The summed E-state index contributed by atoms with van der Waals surface area (Å²) in [5, 5.41) is 5.10. The molecule has 0 atom stereocenters. The van der Waals surface area contributed by atoms with Crippen LogP contribution >= 0.6 is 22.7 Å². The van der Waals surface area contributed by atoms with Gasteiger partial charge in [0.1, 0.15) is 34.8 Å². The Morgan fingerprint density at radius 3 is 0.718 bits per heavy atom. The lowest BCUT2D eigenvalue weighted by Crippen LogP contribution is -2.10. The molecule has 648 valence electrons. The van der Waals surface area contributed by atoms with Crippen LogP contribution < -0.4 is 4.74 Å². The predicted molar refractivity (Wildman–Crippen MR) is 554 cm³/mol. The van der Waals surface area contributed by atoms with Gasteiger partial charge in [-0.15, -0.1) is 22.7 Å². The summed E-state index contributed by atoms with van der Waals surface area (Å²) in [6.45, 7) is 37.1. The first-order valence-corrected chi connectivity index (χ1v) is 48.2. The van der Waals surface area contributed by atoms with Gasteiger partial charge in [0.05, 0.1) is 22.7 Å². The first-order valence-electron chi connectivity index (χ1n) is 46.6. The van der Waals surface area contributed by atoms with Gasteiger partial charge in [0, 0.05) is 112 Å². The van der Waals surface area contributed by atoms with Crippen molar-refractivity contribution in [2.24, 2.45) is 0 Å². The van der Waals surface area contributed by atoms with Crippen molar-refractivity contribution in [1.82, 2.24) is 38.2 Å². The van der Waals surface area contributed by atoms with Crippen LogP contribution in [0.15, 0.2) is 329 Å². The number of nitrogens with zero attached hydrogens (tertiary/aromatic N) is 8. The van der Waals surface area contributed by atoms with Crippen LogP contribution in [0.4, 0.5) is 0 Å². The second kappa shape index (κ2) is 35.2. The number of rotatable bonds is 24. The molecular weight excluding hydrogens is 1630 g/mol. The molecule has 6 aromatic heterocycles. The first kappa shape index (κ1) is 85.3. The summed E-state index contributed by atoms with van der Waals surface area (Å²) in [6.07, 6.45) is 16.3. The second-order valence-corrected chi connectivity index (χ2v) is 39.8. The zero-order valence-electron chi connectivity index (χ0n) is 77.6. The van der Waals surface area contributed by atoms with Gasteiger partial charge in [-0.2, -0.15) is 0 Å². The van der Waals surface area contributed by atoms with Crippen molar-refractivity contribution in [1.29, 1.82) is 0 Å². The van der Waals surface area contributed by atoms with E-state index in [0.29, 0.717) is 11.5 Å². The highest BCUT2D eigenvalue weighted by molar-refractivity contribution is 7.27. The third-order valence-electron chi connectivity index (χ3n) is 26.3. The number of aromatic nitrogens is 8. The van der Waals surface area contributed by atoms with Gasteiger partial charge in [0.15, 0.2) is 0 Å². The Morgan fingerprint density at radius 2 is 0.435 bits per heavy atom. The molecule has 131 heavy (non-hydrogen) atoms. The number of thiophene rings is 2. The van der Waals surface area contributed by atoms with E-state index in [1.54, 1.807) is 0 Å². The number of fused-ring (bicyclic) bond motifs is 6. The van der Waals surface area contributed by atoms with E-state index < -0.39 is 0 Å². The van der Waals surface area contributed by atoms with Gasteiger partial charge in [-0.1, -0.05) is 305 Å². The molecule has 0 N–H and O–H groups in total. The fourth-order valence-corrected chi connectivity index (χ4v) is 22.5. The third-order valence-corrected chi connectivity index (χ3v) is 28.9. The van der Waals surface area contributed by atoms with Gasteiger partial charge in [-0.3, -0.25) is 18.3 Å². The highest BCUT2D eigenvalue weighted by Crippen LogP contribution is 2.51. The smallest absolute Gasteiger partial charge is 0.144 e. The normalized spacial score (nSPS) is 12.1. The topological polar surface area (TPSA) is 80.5 Å². The summed E-state index contributed by atoms with van der Waals surface area (Å²) < 4.78 is 21.4. The molecule has 0 radical (unpaired) electrons. The maximum Gasteiger partial charge on any atom is 0.144 e. The Bertz CT molecular complexity index is 7610. The number of hydrogen-bond acceptors (Lipinski definition) is 7. The number of imidazole rings is 4. The minimum Gasteiger partial charge on any atom is -0.457 e. The maximum atomic E-state index is 6.95. The Labute approximate surface area is 778 Å². The highest BCUT2D eigenvalue weighted by Gasteiger charge is 2.30. The van der Waals surface area contributed by atoms with E-state index in [1.807, 2.05) is 59.6 Å². The molecule has 9 nitrogen and oxygen atoms in total. The Balaban J connectivity index is 0.584. The van der Waals surface area contributed by atoms with Gasteiger partial charge in [0.2, 0.25) is 0 Å². The van der Waals surface area contributed by atoms with Crippen LogP contribution in [0.2, 0.25) is 0 Å². The van der Waals surface area contributed by atoms with Crippen LogP contribution in [0.1, 0.15) is 203 Å². The van der Waals surface area contributed by atoms with E-state index in [0.717, 1.165) is 45.6 Å². The summed E-state index contributed by atoms with van der Waals surface area (Å²) in [5.74, 6) is 6.86. The first-order chi connectivity index (χ1) is 63.6. The van der Waals surface area contributed by atoms with Gasteiger partial charge in [0.25, 0.3) is 0 Å². The molecule has 0 amide bonds. The van der Waals surface area contributed by atoms with Crippen molar-refractivity contribution < 1.29 is 4.74 Å². The molecular formula is C120H110N8OS2. The van der Waals surface area contributed by atoms with Crippen LogP contribution in [-0.2, 0) is 0 Å². The molecule has 0 aliphatic rings. The molecule has 20 rings (SSSR count). The summed E-state index contributed by atoms with van der Waals surface area (Å²) >= 11 is 3.83. The van der Waals surface area contributed by atoms with Crippen LogP contribution in [0.5, 0.6) is 11.5 Å². The van der Waals surface area contributed by atoms with E-state index >= 15 is 0 Å². The van der Waals surface area contributed by atoms with Gasteiger partial charge in [-0.25, -0.2) is 19.9 Å². The summed E-state index contributed by atoms with van der Waals surface area (Å²) in [5.41, 5.74) is 33.8. The van der Waals surface area contributed by atoms with Crippen molar-refractivity contribution in [2.75, 3.05) is 0 Å². The quantitative estimate of drug-likeness (QED) is 0.0602. The minimum absolute atomic E-state index is 0.182. The molecule has 0 bridgehead atoms. The van der Waals surface area contributed by atoms with Crippen molar-refractivity contribution >= 4 is 63.0 Å². The molecule has 14 aromatic carbocycles. The second-order valence-electron chi connectivity index (χ2n) is 37.7. The molecule has 0 unspecified atom stereocenters. The van der Waals surface area contributed by atoms with Gasteiger partial charge >= 0.3 is 0 Å². The summed E-state index contributed by atoms with van der Waals surface area (Å²) in [4.78, 5) is 20.2. The van der Waals surface area contributed by atoms with Crippen molar-refractivity contribution in [2.45, 2.75) is 158 Å². The Kier molecular flexibility index (Phi) is 22.9. The fraction of sp³-hybridized carbons (Fsp3) is 0.200. The lowest BCUT2D eigenvalue weighted by molar-refractivity contribution is 0.483. The predicted octanol–water partition coefficient (Wildman–Crippen LogP) is 34.6. The number of ether oxygens (including phenoxy) is 1. The largest absolute Gasteiger partial charge is 0.457 e. The van der Waals surface area contributed by atoms with Crippen molar-refractivity contribution in [3.05, 3.63) is 373 Å². The summed E-state index contributed by atoms with van der Waals surface area (Å²) in [6, 6.07) is 103. The standard InChI is InChI=1S/C120H110N8OS2/c1-71(2)101-63-87(64-102(72(3)4)109(101)125-55-51-121-117(125)79-31-19-17-20-32-79)88-65-103(73(5)6)110(104(66-88)74(7)8)127-57-53-123-119(127)85-39-25-41-91(61-85)129-92-42-26-40-86(62-92)120-124-54-58-128(120)112-107(77(13)14)69-90(70-108(112)78(15)16)96-46-30-50-100-98-48-28-44-94(114(98)131-116(96)100)84-38-24-36-82(60-84)81-35-23-37-83(59-81)93-43-27-47-97-99-49-29-45-95(115(99)130-113(93)97)89-67-105(75(9)10)111(106(68-89)76(11)12)126-56-52-122-118(126)80-33-21-18-22-34-80/h17-78H,1-16H3. The highest BCUT2D eigenvalue weighted by atomic mass is 32.1. The average Bonchev–Trinajstić information content (AvgIpc) is 1.22. The lowest BCUT2D eigenvalue weighted by Gasteiger charge is -2.26. The van der Waals surface area contributed by atoms with E-state index in [2.05, 4.69) is 421 Å². The van der Waals surface area contributed by atoms with Gasteiger partial charge in [-0.05, 0) is 244 Å². The summed E-state index contributed by atoms with van der Waals surface area (Å²) in [7, 11) is 0. The number of benzene rings is 14. The van der Waals surface area contributed by atoms with Crippen LogP contribution in [-0.4, -0.2) is 38.2 Å². The average molecular weight is 1740 g/mol. The fourth-order valence-electron chi connectivity index (χ4n) is 19.8. The molecule has 0 aliphatic carbocycles. The molecule has 0 spiro atoms. The Morgan fingerprint density at radius 1 is 0.206 bits per heavy atom. The lowest BCUT2D eigenvalue weighted by atomic mass is 9.84. The van der Waals surface area contributed by atoms with Crippen LogP contribution in [0.3, 0.4) is 0 Å². The third kappa shape index (κ3) is 15.7. The monoisotopic (exact) mass is 1740 g/mol.